The molecule has 2 N–H and O–H groups in total. The second-order valence-electron chi connectivity index (χ2n) is 3.54. The lowest BCUT2D eigenvalue weighted by Gasteiger charge is -2.11. The minimum absolute atomic E-state index is 0.00567. The number of alkyl halides is 2. The van der Waals surface area contributed by atoms with Crippen LogP contribution in [0, 0.1) is 0 Å². The van der Waals surface area contributed by atoms with Crippen molar-refractivity contribution in [3.05, 3.63) is 18.0 Å². The molecule has 1 aromatic rings. The van der Waals surface area contributed by atoms with Gasteiger partial charge in [-0.05, 0) is 6.92 Å². The van der Waals surface area contributed by atoms with E-state index in [0.29, 0.717) is 0 Å². The van der Waals surface area contributed by atoms with Crippen molar-refractivity contribution in [3.63, 3.8) is 0 Å². The number of halogens is 2. The highest BCUT2D eigenvalue weighted by atomic mass is 19.3. The molecule has 1 rings (SSSR count). The minimum Gasteiger partial charge on any atom is -0.375 e. The van der Waals surface area contributed by atoms with E-state index in [-0.39, 0.29) is 25.0 Å². The van der Waals surface area contributed by atoms with Gasteiger partial charge in [0.1, 0.15) is 6.61 Å². The van der Waals surface area contributed by atoms with Gasteiger partial charge in [0.25, 0.3) is 6.43 Å². The van der Waals surface area contributed by atoms with Crippen LogP contribution in [0.5, 0.6) is 0 Å². The van der Waals surface area contributed by atoms with Crippen molar-refractivity contribution in [2.24, 2.45) is 0 Å². The van der Waals surface area contributed by atoms with Crippen LogP contribution in [0.1, 0.15) is 24.9 Å². The molecule has 0 aliphatic carbocycles. The Balaban J connectivity index is 2.17. The molecule has 0 radical (unpaired) electrons. The van der Waals surface area contributed by atoms with Crippen LogP contribution in [0.25, 0.3) is 0 Å². The fraction of sp³-hybridized carbons (Fsp3) is 0.600. The van der Waals surface area contributed by atoms with E-state index in [1.807, 2.05) is 6.92 Å². The molecule has 0 aromatic carbocycles. The summed E-state index contributed by atoms with van der Waals surface area (Å²) in [6, 6.07) is -0.170. The van der Waals surface area contributed by atoms with Crippen LogP contribution in [0.15, 0.2) is 12.4 Å². The number of nitrogens with one attached hydrogen (secondary N) is 2. The number of aromatic amines is 1. The van der Waals surface area contributed by atoms with Gasteiger partial charge < -0.3 is 10.1 Å². The van der Waals surface area contributed by atoms with Crippen LogP contribution in [-0.4, -0.2) is 35.7 Å². The van der Waals surface area contributed by atoms with Gasteiger partial charge in [0.2, 0.25) is 5.91 Å². The third-order valence-corrected chi connectivity index (χ3v) is 2.11. The molecule has 1 atom stereocenters. The maximum Gasteiger partial charge on any atom is 0.261 e. The van der Waals surface area contributed by atoms with Crippen molar-refractivity contribution in [3.8, 4) is 0 Å². The van der Waals surface area contributed by atoms with Gasteiger partial charge in [-0.2, -0.15) is 5.10 Å². The van der Waals surface area contributed by atoms with E-state index in [4.69, 9.17) is 0 Å². The lowest BCUT2D eigenvalue weighted by molar-refractivity contribution is -0.123. The number of carbonyl (C=O) groups is 1. The molecule has 1 aromatic heterocycles. The summed E-state index contributed by atoms with van der Waals surface area (Å²) in [4.78, 5) is 11.4. The van der Waals surface area contributed by atoms with Gasteiger partial charge in [-0.1, -0.05) is 0 Å². The van der Waals surface area contributed by atoms with Crippen LogP contribution < -0.4 is 5.32 Å². The molecule has 1 amide bonds. The number of hydrogen-bond acceptors (Lipinski definition) is 3. The molecule has 0 spiro atoms. The zero-order valence-electron chi connectivity index (χ0n) is 9.45. The predicted molar refractivity (Wildman–Crippen MR) is 56.6 cm³/mol. The molecule has 0 bridgehead atoms. The highest BCUT2D eigenvalue weighted by Crippen LogP contribution is 2.08. The molecule has 0 saturated heterocycles. The van der Waals surface area contributed by atoms with Crippen molar-refractivity contribution >= 4 is 5.91 Å². The Hall–Kier alpha value is -1.50. The third kappa shape index (κ3) is 5.39. The average molecular weight is 247 g/mol. The number of hydrogen-bond donors (Lipinski definition) is 2. The molecule has 0 saturated carbocycles. The van der Waals surface area contributed by atoms with Crippen molar-refractivity contribution < 1.29 is 18.3 Å². The topological polar surface area (TPSA) is 67.0 Å². The van der Waals surface area contributed by atoms with Crippen LogP contribution in [0.4, 0.5) is 8.78 Å². The van der Waals surface area contributed by atoms with E-state index in [1.54, 1.807) is 12.4 Å². The highest BCUT2D eigenvalue weighted by Gasteiger charge is 2.10. The van der Waals surface area contributed by atoms with Crippen molar-refractivity contribution in [1.29, 1.82) is 0 Å². The van der Waals surface area contributed by atoms with E-state index in [2.05, 4.69) is 20.3 Å². The fourth-order valence-corrected chi connectivity index (χ4v) is 1.23. The first-order valence-corrected chi connectivity index (χ1v) is 5.23. The molecule has 96 valence electrons. The van der Waals surface area contributed by atoms with E-state index < -0.39 is 13.0 Å². The van der Waals surface area contributed by atoms with Crippen molar-refractivity contribution in [2.75, 3.05) is 13.2 Å². The number of ether oxygens (including phenoxy) is 1. The van der Waals surface area contributed by atoms with Gasteiger partial charge in [-0.15, -0.1) is 0 Å². The number of rotatable bonds is 7. The van der Waals surface area contributed by atoms with Crippen LogP contribution in [0.2, 0.25) is 0 Å². The lowest BCUT2D eigenvalue weighted by atomic mass is 10.2. The van der Waals surface area contributed by atoms with Gasteiger partial charge in [0.05, 0.1) is 18.8 Å². The number of aromatic nitrogens is 2. The third-order valence-electron chi connectivity index (χ3n) is 2.11. The average Bonchev–Trinajstić information content (AvgIpc) is 2.77. The Kier molecular flexibility index (Phi) is 5.55. The van der Waals surface area contributed by atoms with Gasteiger partial charge in [0, 0.05) is 18.2 Å². The summed E-state index contributed by atoms with van der Waals surface area (Å²) in [7, 11) is 0. The summed E-state index contributed by atoms with van der Waals surface area (Å²) in [5.74, 6) is -0.243. The Morgan fingerprint density at radius 3 is 3.00 bits per heavy atom. The molecule has 7 heteroatoms. The number of amides is 1. The van der Waals surface area contributed by atoms with Gasteiger partial charge in [-0.3, -0.25) is 9.89 Å². The predicted octanol–water partition coefficient (Wildman–Crippen LogP) is 1.26. The van der Waals surface area contributed by atoms with E-state index >= 15 is 0 Å². The fourth-order valence-electron chi connectivity index (χ4n) is 1.23. The standard InChI is InChI=1S/C10H15F2N3O2/c1-7(8-4-13-14-5-8)15-10(16)2-3-17-6-9(11)12/h4-5,7,9H,2-3,6H2,1H3,(H,13,14)(H,15,16). The van der Waals surface area contributed by atoms with Crippen LogP contribution in [0.3, 0.4) is 0 Å². The zero-order chi connectivity index (χ0) is 12.7. The molecule has 5 nitrogen and oxygen atoms in total. The summed E-state index contributed by atoms with van der Waals surface area (Å²) in [6.45, 7) is 1.17. The molecule has 17 heavy (non-hydrogen) atoms. The molecular formula is C10H15F2N3O2. The second kappa shape index (κ2) is 6.95. The Morgan fingerprint density at radius 1 is 1.65 bits per heavy atom. The Bertz CT molecular complexity index is 330. The second-order valence-corrected chi connectivity index (χ2v) is 3.54. The summed E-state index contributed by atoms with van der Waals surface area (Å²) in [5.41, 5.74) is 0.854. The maximum absolute atomic E-state index is 11.7. The van der Waals surface area contributed by atoms with Crippen LogP contribution >= 0.6 is 0 Å². The smallest absolute Gasteiger partial charge is 0.261 e. The Labute approximate surface area is 97.5 Å². The highest BCUT2D eigenvalue weighted by molar-refractivity contribution is 5.76. The first-order chi connectivity index (χ1) is 8.09. The van der Waals surface area contributed by atoms with E-state index in [1.165, 1.54) is 0 Å². The summed E-state index contributed by atoms with van der Waals surface area (Å²) in [5, 5.41) is 9.10. The van der Waals surface area contributed by atoms with Crippen molar-refractivity contribution in [1.82, 2.24) is 15.5 Å². The molecule has 0 aliphatic rings. The molecular weight excluding hydrogens is 232 g/mol. The number of H-pyrrole nitrogens is 1. The zero-order valence-corrected chi connectivity index (χ0v) is 9.45. The quantitative estimate of drug-likeness (QED) is 0.713. The first kappa shape index (κ1) is 13.6. The van der Waals surface area contributed by atoms with Gasteiger partial charge in [-0.25, -0.2) is 8.78 Å². The maximum atomic E-state index is 11.7. The summed E-state index contributed by atoms with van der Waals surface area (Å²) in [6.07, 6.45) is 0.855. The number of carbonyl (C=O) groups excluding carboxylic acids is 1. The van der Waals surface area contributed by atoms with Crippen molar-refractivity contribution in [2.45, 2.75) is 25.8 Å². The minimum atomic E-state index is -2.50. The molecule has 1 heterocycles. The van der Waals surface area contributed by atoms with Gasteiger partial charge in [0.15, 0.2) is 0 Å². The van der Waals surface area contributed by atoms with E-state index in [0.717, 1.165) is 5.56 Å². The Morgan fingerprint density at radius 2 is 2.41 bits per heavy atom. The number of nitrogens with zero attached hydrogens (tertiary/aromatic N) is 1. The monoisotopic (exact) mass is 247 g/mol. The lowest BCUT2D eigenvalue weighted by Crippen LogP contribution is -2.27. The molecule has 0 fully saturated rings. The first-order valence-electron chi connectivity index (χ1n) is 5.23. The largest absolute Gasteiger partial charge is 0.375 e. The summed E-state index contributed by atoms with van der Waals surface area (Å²) < 4.78 is 28.0. The van der Waals surface area contributed by atoms with E-state index in [9.17, 15) is 13.6 Å². The molecule has 1 unspecified atom stereocenters. The normalized spacial score (nSPS) is 12.7. The van der Waals surface area contributed by atoms with Gasteiger partial charge >= 0.3 is 0 Å². The SMILES string of the molecule is CC(NC(=O)CCOCC(F)F)c1cn[nH]c1. The van der Waals surface area contributed by atoms with Crippen LogP contribution in [-0.2, 0) is 9.53 Å². The summed E-state index contributed by atoms with van der Waals surface area (Å²) >= 11 is 0. The molecule has 0 aliphatic heterocycles.